The summed E-state index contributed by atoms with van der Waals surface area (Å²) in [5.41, 5.74) is 0. The molecule has 4 heteroatoms. The van der Waals surface area contributed by atoms with Crippen molar-refractivity contribution in [2.24, 2.45) is 0 Å². The van der Waals surface area contributed by atoms with Crippen molar-refractivity contribution in [2.45, 2.75) is 26.2 Å². The summed E-state index contributed by atoms with van der Waals surface area (Å²) in [5, 5.41) is 3.32. The Kier molecular flexibility index (Phi) is 7.63. The number of anilines is 1. The van der Waals surface area contributed by atoms with Crippen molar-refractivity contribution in [2.75, 3.05) is 30.5 Å². The van der Waals surface area contributed by atoms with Crippen molar-refractivity contribution >= 4 is 17.6 Å². The van der Waals surface area contributed by atoms with Crippen molar-refractivity contribution in [3.8, 4) is 5.88 Å². The molecule has 0 aromatic carbocycles. The molecule has 0 spiro atoms. The van der Waals surface area contributed by atoms with E-state index in [0.29, 0.717) is 12.5 Å². The van der Waals surface area contributed by atoms with Gasteiger partial charge in [0.25, 0.3) is 0 Å². The minimum absolute atomic E-state index is 0.658. The van der Waals surface area contributed by atoms with Crippen LogP contribution < -0.4 is 10.1 Å². The van der Waals surface area contributed by atoms with E-state index in [9.17, 15) is 0 Å². The molecule has 1 N–H and O–H groups in total. The molecule has 0 unspecified atom stereocenters. The SMILES string of the molecule is CCOc1cccc(NCCCCCSC)n1. The van der Waals surface area contributed by atoms with Crippen molar-refractivity contribution in [3.05, 3.63) is 18.2 Å². The molecule has 17 heavy (non-hydrogen) atoms. The Morgan fingerprint density at radius 3 is 2.94 bits per heavy atom. The minimum Gasteiger partial charge on any atom is -0.478 e. The topological polar surface area (TPSA) is 34.1 Å². The van der Waals surface area contributed by atoms with Crippen LogP contribution in [0, 0.1) is 0 Å². The third kappa shape index (κ3) is 6.41. The highest BCUT2D eigenvalue weighted by Gasteiger charge is 1.97. The lowest BCUT2D eigenvalue weighted by atomic mass is 10.2. The first-order valence-electron chi connectivity index (χ1n) is 6.19. The number of nitrogens with zero attached hydrogens (tertiary/aromatic N) is 1. The quantitative estimate of drug-likeness (QED) is 0.685. The Bertz CT molecular complexity index is 307. The Labute approximate surface area is 108 Å². The molecule has 0 saturated carbocycles. The lowest BCUT2D eigenvalue weighted by molar-refractivity contribution is 0.327. The van der Waals surface area contributed by atoms with Crippen LogP contribution in [0.25, 0.3) is 0 Å². The molecule has 0 saturated heterocycles. The van der Waals surface area contributed by atoms with E-state index in [1.54, 1.807) is 0 Å². The second-order valence-corrected chi connectivity index (χ2v) is 4.76. The van der Waals surface area contributed by atoms with Crippen LogP contribution in [-0.4, -0.2) is 30.1 Å². The lowest BCUT2D eigenvalue weighted by Gasteiger charge is -2.07. The second-order valence-electron chi connectivity index (χ2n) is 3.77. The van der Waals surface area contributed by atoms with E-state index in [1.165, 1.54) is 25.0 Å². The first kappa shape index (κ1) is 14.2. The molecule has 1 aromatic rings. The fourth-order valence-corrected chi connectivity index (χ4v) is 2.00. The van der Waals surface area contributed by atoms with Gasteiger partial charge >= 0.3 is 0 Å². The molecule has 0 aliphatic carbocycles. The van der Waals surface area contributed by atoms with Gasteiger partial charge in [0.05, 0.1) is 6.61 Å². The molecule has 0 radical (unpaired) electrons. The largest absolute Gasteiger partial charge is 0.478 e. The van der Waals surface area contributed by atoms with Gasteiger partial charge in [-0.25, -0.2) is 0 Å². The molecule has 0 fully saturated rings. The van der Waals surface area contributed by atoms with Crippen molar-refractivity contribution < 1.29 is 4.74 Å². The van der Waals surface area contributed by atoms with E-state index >= 15 is 0 Å². The normalized spacial score (nSPS) is 10.2. The molecule has 0 aliphatic rings. The number of unbranched alkanes of at least 4 members (excludes halogenated alkanes) is 2. The number of ether oxygens (including phenoxy) is 1. The third-order valence-electron chi connectivity index (χ3n) is 2.35. The molecule has 1 heterocycles. The Morgan fingerprint density at radius 1 is 1.29 bits per heavy atom. The van der Waals surface area contributed by atoms with E-state index in [4.69, 9.17) is 4.74 Å². The number of nitrogens with one attached hydrogen (secondary N) is 1. The van der Waals surface area contributed by atoms with Gasteiger partial charge in [0.15, 0.2) is 0 Å². The van der Waals surface area contributed by atoms with Gasteiger partial charge in [0.1, 0.15) is 5.82 Å². The first-order valence-corrected chi connectivity index (χ1v) is 7.59. The van der Waals surface area contributed by atoms with Gasteiger partial charge in [-0.2, -0.15) is 16.7 Å². The van der Waals surface area contributed by atoms with Gasteiger partial charge in [-0.05, 0) is 37.8 Å². The van der Waals surface area contributed by atoms with E-state index in [-0.39, 0.29) is 0 Å². The van der Waals surface area contributed by atoms with Crippen molar-refractivity contribution in [1.82, 2.24) is 4.98 Å². The van der Waals surface area contributed by atoms with Crippen LogP contribution in [0.1, 0.15) is 26.2 Å². The van der Waals surface area contributed by atoms with Crippen LogP contribution in [0.4, 0.5) is 5.82 Å². The monoisotopic (exact) mass is 254 g/mol. The molecular weight excluding hydrogens is 232 g/mol. The summed E-state index contributed by atoms with van der Waals surface area (Å²) in [6.07, 6.45) is 5.93. The summed E-state index contributed by atoms with van der Waals surface area (Å²) in [5.74, 6) is 2.86. The van der Waals surface area contributed by atoms with E-state index in [2.05, 4.69) is 16.6 Å². The lowest BCUT2D eigenvalue weighted by Crippen LogP contribution is -2.04. The zero-order valence-electron chi connectivity index (χ0n) is 10.7. The molecular formula is C13H22N2OS. The number of aromatic nitrogens is 1. The molecule has 0 atom stereocenters. The highest BCUT2D eigenvalue weighted by atomic mass is 32.2. The fourth-order valence-electron chi connectivity index (χ4n) is 1.51. The maximum atomic E-state index is 5.35. The van der Waals surface area contributed by atoms with Crippen molar-refractivity contribution in [3.63, 3.8) is 0 Å². The average molecular weight is 254 g/mol. The summed E-state index contributed by atoms with van der Waals surface area (Å²) < 4.78 is 5.35. The number of pyridine rings is 1. The van der Waals surface area contributed by atoms with Crippen LogP contribution in [-0.2, 0) is 0 Å². The van der Waals surface area contributed by atoms with E-state index in [0.717, 1.165) is 12.4 Å². The Morgan fingerprint density at radius 2 is 2.18 bits per heavy atom. The maximum Gasteiger partial charge on any atom is 0.215 e. The molecule has 3 nitrogen and oxygen atoms in total. The van der Waals surface area contributed by atoms with Crippen LogP contribution in [0.3, 0.4) is 0 Å². The average Bonchev–Trinajstić information content (AvgIpc) is 2.35. The predicted octanol–water partition coefficient (Wildman–Crippen LogP) is 3.43. The highest BCUT2D eigenvalue weighted by molar-refractivity contribution is 7.98. The number of hydrogen-bond acceptors (Lipinski definition) is 4. The molecule has 1 rings (SSSR count). The molecule has 1 aromatic heterocycles. The molecule has 0 aliphatic heterocycles. The van der Waals surface area contributed by atoms with Gasteiger partial charge in [0, 0.05) is 12.6 Å². The summed E-state index contributed by atoms with van der Waals surface area (Å²) in [6, 6.07) is 5.83. The Hall–Kier alpha value is -0.900. The van der Waals surface area contributed by atoms with Gasteiger partial charge in [-0.3, -0.25) is 0 Å². The zero-order valence-corrected chi connectivity index (χ0v) is 11.6. The molecule has 0 amide bonds. The number of rotatable bonds is 9. The van der Waals surface area contributed by atoms with Gasteiger partial charge in [-0.1, -0.05) is 12.5 Å². The summed E-state index contributed by atoms with van der Waals surface area (Å²) in [7, 11) is 0. The zero-order chi connectivity index (χ0) is 12.3. The van der Waals surface area contributed by atoms with Gasteiger partial charge in [-0.15, -0.1) is 0 Å². The van der Waals surface area contributed by atoms with Gasteiger partial charge in [0.2, 0.25) is 5.88 Å². The molecule has 0 bridgehead atoms. The third-order valence-corrected chi connectivity index (χ3v) is 3.04. The Balaban J connectivity index is 2.19. The number of thioether (sulfide) groups is 1. The van der Waals surface area contributed by atoms with Gasteiger partial charge < -0.3 is 10.1 Å². The van der Waals surface area contributed by atoms with E-state index in [1.807, 2.05) is 36.9 Å². The smallest absolute Gasteiger partial charge is 0.215 e. The predicted molar refractivity (Wildman–Crippen MR) is 76.1 cm³/mol. The van der Waals surface area contributed by atoms with E-state index < -0.39 is 0 Å². The summed E-state index contributed by atoms with van der Waals surface area (Å²) >= 11 is 1.91. The second kappa shape index (κ2) is 9.16. The standard InChI is InChI=1S/C13H22N2OS/c1-3-16-13-9-7-8-12(15-13)14-10-5-4-6-11-17-2/h7-9H,3-6,10-11H2,1-2H3,(H,14,15). The fraction of sp³-hybridized carbons (Fsp3) is 0.615. The summed E-state index contributed by atoms with van der Waals surface area (Å²) in [4.78, 5) is 4.36. The van der Waals surface area contributed by atoms with Crippen LogP contribution in [0.15, 0.2) is 18.2 Å². The summed E-state index contributed by atoms with van der Waals surface area (Å²) in [6.45, 7) is 3.61. The van der Waals surface area contributed by atoms with Crippen LogP contribution in [0.5, 0.6) is 5.88 Å². The minimum atomic E-state index is 0.658. The number of hydrogen-bond donors (Lipinski definition) is 1. The van der Waals surface area contributed by atoms with Crippen molar-refractivity contribution in [1.29, 1.82) is 0 Å². The first-order chi connectivity index (χ1) is 8.36. The van der Waals surface area contributed by atoms with Crippen LogP contribution >= 0.6 is 11.8 Å². The highest BCUT2D eigenvalue weighted by Crippen LogP contribution is 2.11. The van der Waals surface area contributed by atoms with Crippen LogP contribution in [0.2, 0.25) is 0 Å². The molecule has 96 valence electrons. The maximum absolute atomic E-state index is 5.35.